The van der Waals surface area contributed by atoms with E-state index in [-0.39, 0.29) is 6.04 Å². The first-order valence-corrected chi connectivity index (χ1v) is 6.74. The molecular weight excluding hydrogens is 248 g/mol. The van der Waals surface area contributed by atoms with Gasteiger partial charge >= 0.3 is 12.1 Å². The molecule has 0 aromatic heterocycles. The molecule has 0 aromatic rings. The van der Waals surface area contributed by atoms with Crippen molar-refractivity contribution in [1.29, 1.82) is 0 Å². The van der Waals surface area contributed by atoms with E-state index in [1.54, 1.807) is 20.8 Å². The minimum Gasteiger partial charge on any atom is -0.480 e. The number of fused-ring (bicyclic) bond motifs is 1. The summed E-state index contributed by atoms with van der Waals surface area (Å²) in [4.78, 5) is 27.0. The van der Waals surface area contributed by atoms with Crippen LogP contribution in [0, 0.1) is 0 Å². The molecule has 2 heterocycles. The van der Waals surface area contributed by atoms with Gasteiger partial charge in [0, 0.05) is 19.1 Å². The van der Waals surface area contributed by atoms with Crippen LogP contribution >= 0.6 is 0 Å². The molecule has 2 rings (SSSR count). The van der Waals surface area contributed by atoms with Crippen molar-refractivity contribution in [3.8, 4) is 0 Å². The third-order valence-electron chi connectivity index (χ3n) is 3.60. The number of amides is 1. The van der Waals surface area contributed by atoms with Crippen LogP contribution in [0.5, 0.6) is 0 Å². The maximum absolute atomic E-state index is 12.1. The molecule has 6 heteroatoms. The highest BCUT2D eigenvalue weighted by molar-refractivity contribution is 5.80. The summed E-state index contributed by atoms with van der Waals surface area (Å²) in [6.07, 6.45) is 1.57. The van der Waals surface area contributed by atoms with Gasteiger partial charge in [0.2, 0.25) is 0 Å². The molecule has 0 unspecified atom stereocenters. The highest BCUT2D eigenvalue weighted by Gasteiger charge is 2.43. The van der Waals surface area contributed by atoms with Crippen molar-refractivity contribution in [1.82, 2.24) is 9.80 Å². The minimum atomic E-state index is -0.962. The van der Waals surface area contributed by atoms with Crippen LogP contribution in [0.15, 0.2) is 0 Å². The smallest absolute Gasteiger partial charge is 0.411 e. The molecule has 2 saturated heterocycles. The van der Waals surface area contributed by atoms with E-state index in [0.717, 1.165) is 19.4 Å². The standard InChI is InChI=1S/C13H22N2O4/c1-13(2,3)19-12(18)15-7-9-5-4-6-14(9)8-10(15)11(16)17/h9-10H,4-8H2,1-3H3,(H,16,17)/t9-,10-/m0/s1. The first-order valence-electron chi connectivity index (χ1n) is 6.74. The summed E-state index contributed by atoms with van der Waals surface area (Å²) in [7, 11) is 0. The topological polar surface area (TPSA) is 70.1 Å². The predicted molar refractivity (Wildman–Crippen MR) is 69.0 cm³/mol. The van der Waals surface area contributed by atoms with Crippen LogP contribution in [-0.2, 0) is 9.53 Å². The molecule has 2 atom stereocenters. The zero-order valence-corrected chi connectivity index (χ0v) is 11.8. The van der Waals surface area contributed by atoms with Crippen LogP contribution in [0.3, 0.4) is 0 Å². The predicted octanol–water partition coefficient (Wildman–Crippen LogP) is 1.15. The normalized spacial score (nSPS) is 28.1. The molecule has 1 N–H and O–H groups in total. The average molecular weight is 270 g/mol. The Kier molecular flexibility index (Phi) is 3.71. The molecule has 6 nitrogen and oxygen atoms in total. The number of hydrogen-bond acceptors (Lipinski definition) is 4. The second-order valence-corrected chi connectivity index (χ2v) is 6.28. The molecule has 0 radical (unpaired) electrons. The number of aliphatic carboxylic acids is 1. The van der Waals surface area contributed by atoms with Crippen molar-refractivity contribution in [2.75, 3.05) is 19.6 Å². The van der Waals surface area contributed by atoms with Crippen LogP contribution in [0.2, 0.25) is 0 Å². The zero-order chi connectivity index (χ0) is 14.2. The van der Waals surface area contributed by atoms with Crippen molar-refractivity contribution >= 4 is 12.1 Å². The molecule has 0 aromatic carbocycles. The van der Waals surface area contributed by atoms with Gasteiger partial charge in [0.15, 0.2) is 0 Å². The van der Waals surface area contributed by atoms with Gasteiger partial charge in [-0.3, -0.25) is 9.80 Å². The van der Waals surface area contributed by atoms with Gasteiger partial charge in [0.25, 0.3) is 0 Å². The fraction of sp³-hybridized carbons (Fsp3) is 0.846. The third-order valence-corrected chi connectivity index (χ3v) is 3.60. The van der Waals surface area contributed by atoms with Crippen molar-refractivity contribution < 1.29 is 19.4 Å². The Labute approximate surface area is 113 Å². The molecule has 0 spiro atoms. The third kappa shape index (κ3) is 3.18. The number of carbonyl (C=O) groups excluding carboxylic acids is 1. The van der Waals surface area contributed by atoms with Crippen molar-refractivity contribution in [3.63, 3.8) is 0 Å². The van der Waals surface area contributed by atoms with Crippen LogP contribution in [0.1, 0.15) is 33.6 Å². The van der Waals surface area contributed by atoms with Crippen molar-refractivity contribution in [3.05, 3.63) is 0 Å². The lowest BCUT2D eigenvalue weighted by molar-refractivity contribution is -0.146. The first-order chi connectivity index (χ1) is 8.78. The second-order valence-electron chi connectivity index (χ2n) is 6.28. The minimum absolute atomic E-state index is 0.281. The molecule has 2 fully saturated rings. The van der Waals surface area contributed by atoms with Crippen molar-refractivity contribution in [2.24, 2.45) is 0 Å². The monoisotopic (exact) mass is 270 g/mol. The van der Waals surface area contributed by atoms with Crippen LogP contribution < -0.4 is 0 Å². The summed E-state index contributed by atoms with van der Waals surface area (Å²) in [6, 6.07) is -0.521. The second kappa shape index (κ2) is 5.00. The fourth-order valence-corrected chi connectivity index (χ4v) is 2.75. The average Bonchev–Trinajstić information content (AvgIpc) is 2.71. The number of piperazine rings is 1. The quantitative estimate of drug-likeness (QED) is 0.774. The summed E-state index contributed by atoms with van der Waals surface area (Å²) in [6.45, 7) is 7.13. The van der Waals surface area contributed by atoms with Crippen LogP contribution in [0.4, 0.5) is 4.79 Å². The Morgan fingerprint density at radius 2 is 1.95 bits per heavy atom. The number of nitrogens with zero attached hydrogens (tertiary/aromatic N) is 2. The highest BCUT2D eigenvalue weighted by Crippen LogP contribution is 2.26. The number of rotatable bonds is 1. The molecule has 0 bridgehead atoms. The fourth-order valence-electron chi connectivity index (χ4n) is 2.75. The molecule has 2 aliphatic heterocycles. The number of carboxylic acids is 1. The maximum Gasteiger partial charge on any atom is 0.411 e. The molecule has 108 valence electrons. The van der Waals surface area contributed by atoms with Crippen molar-refractivity contribution in [2.45, 2.75) is 51.3 Å². The van der Waals surface area contributed by atoms with E-state index in [1.165, 1.54) is 4.90 Å². The van der Waals surface area contributed by atoms with E-state index in [1.807, 2.05) is 0 Å². The van der Waals surface area contributed by atoms with Gasteiger partial charge < -0.3 is 9.84 Å². The lowest BCUT2D eigenvalue weighted by atomic mass is 10.1. The molecule has 2 aliphatic rings. The van der Waals surface area contributed by atoms with Gasteiger partial charge in [-0.05, 0) is 40.2 Å². The Hall–Kier alpha value is -1.30. The van der Waals surface area contributed by atoms with E-state index in [4.69, 9.17) is 4.74 Å². The Bertz CT molecular complexity index is 377. The van der Waals surface area contributed by atoms with Gasteiger partial charge in [0.1, 0.15) is 11.6 Å². The molecule has 0 aliphatic carbocycles. The van der Waals surface area contributed by atoms with Gasteiger partial charge in [-0.15, -0.1) is 0 Å². The summed E-state index contributed by atoms with van der Waals surface area (Å²) < 4.78 is 5.31. The Morgan fingerprint density at radius 3 is 2.53 bits per heavy atom. The maximum atomic E-state index is 12.1. The first kappa shape index (κ1) is 14.1. The van der Waals surface area contributed by atoms with Gasteiger partial charge in [0.05, 0.1) is 0 Å². The van der Waals surface area contributed by atoms with Crippen LogP contribution in [-0.4, -0.2) is 64.3 Å². The zero-order valence-electron chi connectivity index (χ0n) is 11.8. The highest BCUT2D eigenvalue weighted by atomic mass is 16.6. The Morgan fingerprint density at radius 1 is 1.26 bits per heavy atom. The summed E-state index contributed by atoms with van der Waals surface area (Å²) in [5.74, 6) is -0.962. The molecular formula is C13H22N2O4. The van der Waals surface area contributed by atoms with E-state index in [9.17, 15) is 14.7 Å². The van der Waals surface area contributed by atoms with E-state index >= 15 is 0 Å². The number of hydrogen-bond donors (Lipinski definition) is 1. The SMILES string of the molecule is CC(C)(C)OC(=O)N1C[C@@H]2CCCN2C[C@H]1C(=O)O. The summed E-state index contributed by atoms with van der Waals surface area (Å²) >= 11 is 0. The van der Waals surface area contributed by atoms with E-state index in [0.29, 0.717) is 13.1 Å². The summed E-state index contributed by atoms with van der Waals surface area (Å²) in [5.41, 5.74) is -0.604. The number of carbonyl (C=O) groups is 2. The van der Waals surface area contributed by atoms with Gasteiger partial charge in [-0.1, -0.05) is 0 Å². The number of ether oxygens (including phenoxy) is 1. The lowest BCUT2D eigenvalue weighted by Gasteiger charge is -2.41. The van der Waals surface area contributed by atoms with E-state index in [2.05, 4.69) is 4.90 Å². The molecule has 19 heavy (non-hydrogen) atoms. The van der Waals surface area contributed by atoms with E-state index < -0.39 is 23.7 Å². The summed E-state index contributed by atoms with van der Waals surface area (Å²) in [5, 5.41) is 9.30. The lowest BCUT2D eigenvalue weighted by Crippen LogP contribution is -2.61. The number of carboxylic acid groups (broad SMARTS) is 1. The van der Waals surface area contributed by atoms with Gasteiger partial charge in [-0.2, -0.15) is 0 Å². The molecule has 1 amide bonds. The van der Waals surface area contributed by atoms with Gasteiger partial charge in [-0.25, -0.2) is 9.59 Å². The largest absolute Gasteiger partial charge is 0.480 e. The Balaban J connectivity index is 2.11. The van der Waals surface area contributed by atoms with Crippen LogP contribution in [0.25, 0.3) is 0 Å². The molecule has 0 saturated carbocycles.